The Balaban J connectivity index is 1.73. The Hall–Kier alpha value is -0.150. The van der Waals surface area contributed by atoms with Gasteiger partial charge in [-0.2, -0.15) is 0 Å². The van der Waals surface area contributed by atoms with Gasteiger partial charge < -0.3 is 4.90 Å². The second-order valence-corrected chi connectivity index (χ2v) is 11.0. The summed E-state index contributed by atoms with van der Waals surface area (Å²) in [6.07, 6.45) is 4.95. The minimum absolute atomic E-state index is 0.356. The van der Waals surface area contributed by atoms with Gasteiger partial charge in [0.1, 0.15) is 5.67 Å². The third kappa shape index (κ3) is 7.00. The van der Waals surface area contributed by atoms with Crippen molar-refractivity contribution >= 4 is 0 Å². The molecule has 0 spiro atoms. The molecular weight excluding hydrogens is 299 g/mol. The van der Waals surface area contributed by atoms with Crippen molar-refractivity contribution in [2.75, 3.05) is 39.3 Å². The number of hydrogen-bond acceptors (Lipinski definition) is 2. The van der Waals surface area contributed by atoms with E-state index in [0.29, 0.717) is 17.4 Å². The van der Waals surface area contributed by atoms with Gasteiger partial charge in [-0.25, -0.2) is 4.39 Å². The molecule has 0 bridgehead atoms. The third-order valence-corrected chi connectivity index (χ3v) is 5.57. The maximum Gasteiger partial charge on any atom is 0.123 e. The molecule has 0 aromatic rings. The van der Waals surface area contributed by atoms with Crippen molar-refractivity contribution in [3.05, 3.63) is 0 Å². The Morgan fingerprint density at radius 2 is 1.33 bits per heavy atom. The van der Waals surface area contributed by atoms with Gasteiger partial charge in [-0.05, 0) is 48.9 Å². The topological polar surface area (TPSA) is 6.48 Å². The lowest BCUT2D eigenvalue weighted by Crippen LogP contribution is -2.52. The van der Waals surface area contributed by atoms with E-state index in [1.165, 1.54) is 6.42 Å². The van der Waals surface area contributed by atoms with E-state index in [1.54, 1.807) is 0 Å². The molecule has 0 amide bonds. The Kier molecular flexibility index (Phi) is 6.40. The number of hydrogen-bond donors (Lipinski definition) is 0. The number of nitrogens with zero attached hydrogens (tertiary/aromatic N) is 2. The summed E-state index contributed by atoms with van der Waals surface area (Å²) < 4.78 is 15.3. The lowest BCUT2D eigenvalue weighted by molar-refractivity contribution is 0.0124. The Bertz CT molecular complexity index is 378. The van der Waals surface area contributed by atoms with Gasteiger partial charge >= 0.3 is 0 Å². The summed E-state index contributed by atoms with van der Waals surface area (Å²) in [5.74, 6) is 0.734. The van der Waals surface area contributed by atoms with Crippen LogP contribution in [0.5, 0.6) is 0 Å². The molecule has 3 heteroatoms. The molecule has 1 aliphatic carbocycles. The van der Waals surface area contributed by atoms with Gasteiger partial charge in [0.2, 0.25) is 0 Å². The minimum Gasteiger partial charge on any atom is -0.300 e. The van der Waals surface area contributed by atoms with Crippen molar-refractivity contribution < 1.29 is 4.39 Å². The fraction of sp³-hybridized carbons (Fsp3) is 1.00. The average molecular weight is 341 g/mol. The molecular formula is C21H41FN2. The molecule has 0 unspecified atom stereocenters. The highest BCUT2D eigenvalue weighted by atomic mass is 19.1. The number of piperazine rings is 1. The molecule has 0 atom stereocenters. The molecule has 1 saturated heterocycles. The number of halogens is 1. The molecule has 24 heavy (non-hydrogen) atoms. The molecule has 0 aromatic heterocycles. The zero-order chi connectivity index (χ0) is 18.0. The van der Waals surface area contributed by atoms with Crippen LogP contribution in [0, 0.1) is 16.7 Å². The smallest absolute Gasteiger partial charge is 0.123 e. The second-order valence-electron chi connectivity index (χ2n) is 11.0. The van der Waals surface area contributed by atoms with Gasteiger partial charge in [0.05, 0.1) is 0 Å². The summed E-state index contributed by atoms with van der Waals surface area (Å²) in [5.41, 5.74) is -0.195. The highest BCUT2D eigenvalue weighted by molar-refractivity contribution is 4.91. The largest absolute Gasteiger partial charge is 0.300 e. The maximum atomic E-state index is 15.3. The average Bonchev–Trinajstić information content (AvgIpc) is 2.41. The third-order valence-electron chi connectivity index (χ3n) is 5.57. The van der Waals surface area contributed by atoms with Crippen molar-refractivity contribution in [2.24, 2.45) is 16.7 Å². The molecule has 2 rings (SSSR count). The molecule has 2 aliphatic rings. The Morgan fingerprint density at radius 1 is 0.833 bits per heavy atom. The van der Waals surface area contributed by atoms with Gasteiger partial charge in [0.25, 0.3) is 0 Å². The molecule has 1 saturated carbocycles. The van der Waals surface area contributed by atoms with E-state index in [0.717, 1.165) is 64.3 Å². The first-order valence-corrected chi connectivity index (χ1v) is 10.1. The van der Waals surface area contributed by atoms with E-state index in [9.17, 15) is 0 Å². The van der Waals surface area contributed by atoms with Crippen LogP contribution in [-0.4, -0.2) is 54.7 Å². The first-order valence-electron chi connectivity index (χ1n) is 10.1. The normalized spacial score (nSPS) is 31.4. The van der Waals surface area contributed by atoms with E-state index in [1.807, 2.05) is 0 Å². The molecule has 0 radical (unpaired) electrons. The van der Waals surface area contributed by atoms with E-state index >= 15 is 4.39 Å². The summed E-state index contributed by atoms with van der Waals surface area (Å²) in [5, 5.41) is 0. The van der Waals surface area contributed by atoms with Crippen LogP contribution in [0.4, 0.5) is 4.39 Å². The highest BCUT2D eigenvalue weighted by Gasteiger charge is 2.38. The summed E-state index contributed by atoms with van der Waals surface area (Å²) >= 11 is 0. The Labute approximate surface area is 150 Å². The van der Waals surface area contributed by atoms with Crippen LogP contribution in [0.2, 0.25) is 0 Å². The van der Waals surface area contributed by atoms with Gasteiger partial charge in [-0.3, -0.25) is 4.90 Å². The Morgan fingerprint density at radius 3 is 1.79 bits per heavy atom. The zero-order valence-corrected chi connectivity index (χ0v) is 17.1. The number of alkyl halides is 1. The molecule has 142 valence electrons. The SMILES string of the molecule is CC(C)(C)CC1CCC(F)(CN2CCN(CC(C)(C)C)CC2)CC1. The predicted octanol–water partition coefficient (Wildman–Crippen LogP) is 4.98. The molecule has 1 aliphatic heterocycles. The lowest BCUT2D eigenvalue weighted by Gasteiger charge is -2.42. The van der Waals surface area contributed by atoms with Gasteiger partial charge in [0.15, 0.2) is 0 Å². The van der Waals surface area contributed by atoms with E-state index in [4.69, 9.17) is 0 Å². The van der Waals surface area contributed by atoms with E-state index < -0.39 is 5.67 Å². The summed E-state index contributed by atoms with van der Waals surface area (Å²) in [6.45, 7) is 19.9. The fourth-order valence-electron chi connectivity index (χ4n) is 4.60. The summed E-state index contributed by atoms with van der Waals surface area (Å²) in [7, 11) is 0. The van der Waals surface area contributed by atoms with Crippen LogP contribution in [0.1, 0.15) is 73.6 Å². The van der Waals surface area contributed by atoms with E-state index in [-0.39, 0.29) is 0 Å². The van der Waals surface area contributed by atoms with Crippen LogP contribution in [0.15, 0.2) is 0 Å². The minimum atomic E-state index is -0.930. The van der Waals surface area contributed by atoms with Crippen LogP contribution in [0.3, 0.4) is 0 Å². The van der Waals surface area contributed by atoms with Gasteiger partial charge in [0, 0.05) is 39.3 Å². The molecule has 1 heterocycles. The molecule has 0 aromatic carbocycles. The van der Waals surface area contributed by atoms with Crippen molar-refractivity contribution in [2.45, 2.75) is 79.3 Å². The maximum absolute atomic E-state index is 15.3. The standard InChI is InChI=1S/C21H41FN2/c1-19(2,3)15-18-7-9-21(22,10-8-18)17-24-13-11-23(12-14-24)16-20(4,5)6/h18H,7-17H2,1-6H3. The van der Waals surface area contributed by atoms with Crippen molar-refractivity contribution in [3.63, 3.8) is 0 Å². The summed E-state index contributed by atoms with van der Waals surface area (Å²) in [6, 6.07) is 0. The zero-order valence-electron chi connectivity index (χ0n) is 17.1. The lowest BCUT2D eigenvalue weighted by atomic mass is 9.73. The quantitative estimate of drug-likeness (QED) is 0.712. The van der Waals surface area contributed by atoms with Gasteiger partial charge in [-0.1, -0.05) is 41.5 Å². The molecule has 2 nitrogen and oxygen atoms in total. The predicted molar refractivity (Wildman–Crippen MR) is 102 cm³/mol. The highest BCUT2D eigenvalue weighted by Crippen LogP contribution is 2.40. The number of rotatable bonds is 4. The molecule has 2 fully saturated rings. The first-order chi connectivity index (χ1) is 10.9. The van der Waals surface area contributed by atoms with Crippen LogP contribution in [-0.2, 0) is 0 Å². The summed E-state index contributed by atoms with van der Waals surface area (Å²) in [4.78, 5) is 4.92. The van der Waals surface area contributed by atoms with Crippen molar-refractivity contribution in [3.8, 4) is 0 Å². The monoisotopic (exact) mass is 340 g/mol. The second kappa shape index (κ2) is 7.61. The fourth-order valence-corrected chi connectivity index (χ4v) is 4.60. The molecule has 0 N–H and O–H groups in total. The van der Waals surface area contributed by atoms with Crippen LogP contribution in [0.25, 0.3) is 0 Å². The van der Waals surface area contributed by atoms with Gasteiger partial charge in [-0.15, -0.1) is 0 Å². The van der Waals surface area contributed by atoms with Crippen LogP contribution >= 0.6 is 0 Å². The van der Waals surface area contributed by atoms with Crippen molar-refractivity contribution in [1.29, 1.82) is 0 Å². The van der Waals surface area contributed by atoms with Crippen molar-refractivity contribution in [1.82, 2.24) is 9.80 Å². The van der Waals surface area contributed by atoms with E-state index in [2.05, 4.69) is 51.3 Å². The van der Waals surface area contributed by atoms with Crippen LogP contribution < -0.4 is 0 Å². The first kappa shape index (κ1) is 20.2.